The van der Waals surface area contributed by atoms with Crippen LogP contribution < -0.4 is 0 Å². The molecule has 0 aromatic heterocycles. The molecule has 0 spiro atoms. The van der Waals surface area contributed by atoms with Crippen molar-refractivity contribution >= 4 is 27.6 Å². The van der Waals surface area contributed by atoms with Gasteiger partial charge in [-0.3, -0.25) is 0 Å². The third-order valence-electron chi connectivity index (χ3n) is 4.22. The number of rotatable bonds is 2. The van der Waals surface area contributed by atoms with Crippen LogP contribution in [0.3, 0.4) is 0 Å². The maximum Gasteiger partial charge on any atom is -0.0105 e. The Labute approximate surface area is 130 Å². The van der Waals surface area contributed by atoms with Gasteiger partial charge in [-0.05, 0) is 44.3 Å². The molecule has 0 unspecified atom stereocenters. The van der Waals surface area contributed by atoms with Gasteiger partial charge in [0.15, 0.2) is 0 Å². The molecule has 0 fully saturated rings. The molecule has 0 amide bonds. The lowest BCUT2D eigenvalue weighted by molar-refractivity contribution is 1.62. The van der Waals surface area contributed by atoms with E-state index in [1.807, 2.05) is 6.08 Å². The second-order valence-electron chi connectivity index (χ2n) is 5.55. The number of hydrogen-bond donors (Lipinski definition) is 0. The summed E-state index contributed by atoms with van der Waals surface area (Å²) >= 11 is 0. The monoisotopic (exact) mass is 280 g/mol. The molecule has 0 radical (unpaired) electrons. The van der Waals surface area contributed by atoms with Gasteiger partial charge in [-0.25, -0.2) is 0 Å². The highest BCUT2D eigenvalue weighted by Crippen LogP contribution is 2.29. The molecular weight excluding hydrogens is 264 g/mol. The molecule has 4 aromatic rings. The first-order valence-corrected chi connectivity index (χ1v) is 7.49. The van der Waals surface area contributed by atoms with Crippen LogP contribution in [0.15, 0.2) is 85.4 Å². The van der Waals surface area contributed by atoms with E-state index < -0.39 is 0 Å². The van der Waals surface area contributed by atoms with Gasteiger partial charge >= 0.3 is 0 Å². The van der Waals surface area contributed by atoms with Gasteiger partial charge in [-0.1, -0.05) is 85.5 Å². The van der Waals surface area contributed by atoms with Crippen molar-refractivity contribution in [2.75, 3.05) is 0 Å². The molecule has 4 rings (SSSR count). The summed E-state index contributed by atoms with van der Waals surface area (Å²) in [6, 6.07) is 28.2. The fourth-order valence-electron chi connectivity index (χ4n) is 3.00. The topological polar surface area (TPSA) is 0 Å². The van der Waals surface area contributed by atoms with Crippen LogP contribution in [0.1, 0.15) is 5.56 Å². The van der Waals surface area contributed by atoms with E-state index in [0.29, 0.717) is 0 Å². The molecular formula is C22H16. The molecule has 0 nitrogen and oxygen atoms in total. The molecule has 4 aromatic carbocycles. The zero-order chi connectivity index (χ0) is 14.9. The van der Waals surface area contributed by atoms with Crippen LogP contribution in [0.4, 0.5) is 0 Å². The Morgan fingerprint density at radius 2 is 1.27 bits per heavy atom. The van der Waals surface area contributed by atoms with Crippen LogP contribution in [0.2, 0.25) is 0 Å². The minimum atomic E-state index is 1.15. The van der Waals surface area contributed by atoms with Gasteiger partial charge in [0.2, 0.25) is 0 Å². The van der Waals surface area contributed by atoms with E-state index >= 15 is 0 Å². The predicted octanol–water partition coefficient (Wildman–Crippen LogP) is 6.30. The second kappa shape index (κ2) is 5.16. The maximum atomic E-state index is 3.80. The summed E-state index contributed by atoms with van der Waals surface area (Å²) in [7, 11) is 0. The molecule has 0 heteroatoms. The van der Waals surface area contributed by atoms with Crippen molar-refractivity contribution in [3.63, 3.8) is 0 Å². The molecule has 0 aliphatic carbocycles. The lowest BCUT2D eigenvalue weighted by Gasteiger charge is -2.07. The summed E-state index contributed by atoms with van der Waals surface area (Å²) in [6.07, 6.45) is 1.87. The fourth-order valence-corrected chi connectivity index (χ4v) is 3.00. The molecule has 0 bridgehead atoms. The Hall–Kier alpha value is -2.86. The van der Waals surface area contributed by atoms with Crippen LogP contribution in [-0.2, 0) is 0 Å². The van der Waals surface area contributed by atoms with E-state index in [1.54, 1.807) is 0 Å². The summed E-state index contributed by atoms with van der Waals surface area (Å²) in [5, 5.41) is 5.19. The van der Waals surface area contributed by atoms with Gasteiger partial charge in [0.05, 0.1) is 0 Å². The summed E-state index contributed by atoms with van der Waals surface area (Å²) in [5.41, 5.74) is 3.63. The van der Waals surface area contributed by atoms with Crippen LogP contribution in [-0.4, -0.2) is 0 Å². The highest BCUT2D eigenvalue weighted by atomic mass is 14.1. The summed E-state index contributed by atoms with van der Waals surface area (Å²) in [4.78, 5) is 0. The smallest absolute Gasteiger partial charge is 0.0105 e. The SMILES string of the molecule is C=Cc1ccc(-c2ccc3c(ccc4ccccc43)c2)cc1. The van der Waals surface area contributed by atoms with Crippen molar-refractivity contribution in [1.82, 2.24) is 0 Å². The third kappa shape index (κ3) is 2.10. The first-order chi connectivity index (χ1) is 10.8. The molecule has 0 aliphatic heterocycles. The van der Waals surface area contributed by atoms with Gasteiger partial charge in [0, 0.05) is 0 Å². The van der Waals surface area contributed by atoms with E-state index in [2.05, 4.69) is 85.4 Å². The molecule has 0 saturated carbocycles. The minimum Gasteiger partial charge on any atom is -0.0985 e. The molecule has 0 atom stereocenters. The Morgan fingerprint density at radius 3 is 2.09 bits per heavy atom. The quantitative estimate of drug-likeness (QED) is 0.378. The van der Waals surface area contributed by atoms with E-state index in [1.165, 1.54) is 32.7 Å². The summed E-state index contributed by atoms with van der Waals surface area (Å²) in [5.74, 6) is 0. The van der Waals surface area contributed by atoms with Crippen molar-refractivity contribution in [2.24, 2.45) is 0 Å². The Kier molecular flexibility index (Phi) is 3.01. The molecule has 0 saturated heterocycles. The van der Waals surface area contributed by atoms with Gasteiger partial charge < -0.3 is 0 Å². The number of fused-ring (bicyclic) bond motifs is 3. The number of hydrogen-bond acceptors (Lipinski definition) is 0. The average Bonchev–Trinajstić information content (AvgIpc) is 2.61. The van der Waals surface area contributed by atoms with Crippen molar-refractivity contribution in [3.05, 3.63) is 91.0 Å². The van der Waals surface area contributed by atoms with Crippen molar-refractivity contribution < 1.29 is 0 Å². The van der Waals surface area contributed by atoms with Crippen LogP contribution in [0.5, 0.6) is 0 Å². The van der Waals surface area contributed by atoms with Crippen molar-refractivity contribution in [3.8, 4) is 11.1 Å². The average molecular weight is 280 g/mol. The standard InChI is InChI=1S/C22H16/c1-2-16-7-9-17(10-8-16)19-13-14-22-20(15-19)12-11-18-5-3-4-6-21(18)22/h2-15H,1H2. The highest BCUT2D eigenvalue weighted by molar-refractivity contribution is 6.08. The van der Waals surface area contributed by atoms with Crippen LogP contribution in [0.25, 0.3) is 38.7 Å². The molecule has 0 N–H and O–H groups in total. The van der Waals surface area contributed by atoms with Gasteiger partial charge in [-0.15, -0.1) is 0 Å². The van der Waals surface area contributed by atoms with E-state index in [-0.39, 0.29) is 0 Å². The van der Waals surface area contributed by atoms with Gasteiger partial charge in [0.25, 0.3) is 0 Å². The molecule has 0 heterocycles. The zero-order valence-electron chi connectivity index (χ0n) is 12.3. The van der Waals surface area contributed by atoms with E-state index in [4.69, 9.17) is 0 Å². The van der Waals surface area contributed by atoms with E-state index in [9.17, 15) is 0 Å². The molecule has 104 valence electrons. The van der Waals surface area contributed by atoms with Crippen molar-refractivity contribution in [1.29, 1.82) is 0 Å². The summed E-state index contributed by atoms with van der Waals surface area (Å²) < 4.78 is 0. The largest absolute Gasteiger partial charge is 0.0985 e. The first kappa shape index (κ1) is 12.8. The van der Waals surface area contributed by atoms with Gasteiger partial charge in [-0.2, -0.15) is 0 Å². The predicted molar refractivity (Wildman–Crippen MR) is 97.0 cm³/mol. The highest BCUT2D eigenvalue weighted by Gasteiger charge is 2.03. The Balaban J connectivity index is 1.89. The zero-order valence-corrected chi connectivity index (χ0v) is 12.3. The fraction of sp³-hybridized carbons (Fsp3) is 0. The lowest BCUT2D eigenvalue weighted by atomic mass is 9.97. The molecule has 22 heavy (non-hydrogen) atoms. The van der Waals surface area contributed by atoms with Gasteiger partial charge in [0.1, 0.15) is 0 Å². The van der Waals surface area contributed by atoms with Crippen LogP contribution >= 0.6 is 0 Å². The second-order valence-corrected chi connectivity index (χ2v) is 5.55. The number of benzene rings is 4. The lowest BCUT2D eigenvalue weighted by Crippen LogP contribution is -1.81. The minimum absolute atomic E-state index is 1.15. The summed E-state index contributed by atoms with van der Waals surface area (Å²) in [6.45, 7) is 3.80. The normalized spacial score (nSPS) is 10.9. The third-order valence-corrected chi connectivity index (χ3v) is 4.22. The van der Waals surface area contributed by atoms with Crippen LogP contribution in [0, 0.1) is 0 Å². The van der Waals surface area contributed by atoms with E-state index in [0.717, 1.165) is 5.56 Å². The maximum absolute atomic E-state index is 3.80. The Morgan fingerprint density at radius 1 is 0.591 bits per heavy atom. The Bertz CT molecular complexity index is 976. The molecule has 0 aliphatic rings. The van der Waals surface area contributed by atoms with Crippen molar-refractivity contribution in [2.45, 2.75) is 0 Å². The first-order valence-electron chi connectivity index (χ1n) is 7.49.